The van der Waals surface area contributed by atoms with E-state index in [1.807, 2.05) is 13.0 Å². The first-order chi connectivity index (χ1) is 12.1. The number of pyridine rings is 1. The molecule has 0 saturated carbocycles. The van der Waals surface area contributed by atoms with Crippen LogP contribution in [0.1, 0.15) is 27.2 Å². The SMILES string of the molecule is Cc1cc(Oc2ncccc2C#N)ccc1NC(=O)c1ccoc1C. The summed E-state index contributed by atoms with van der Waals surface area (Å²) < 4.78 is 10.8. The molecule has 0 bridgehead atoms. The molecule has 1 N–H and O–H groups in total. The van der Waals surface area contributed by atoms with Gasteiger partial charge in [-0.05, 0) is 55.8 Å². The van der Waals surface area contributed by atoms with Gasteiger partial charge in [0.25, 0.3) is 5.91 Å². The van der Waals surface area contributed by atoms with Gasteiger partial charge in [0.05, 0.1) is 11.8 Å². The van der Waals surface area contributed by atoms with Crippen LogP contribution in [0.3, 0.4) is 0 Å². The van der Waals surface area contributed by atoms with Crippen LogP contribution >= 0.6 is 0 Å². The summed E-state index contributed by atoms with van der Waals surface area (Å²) in [5.74, 6) is 1.11. The van der Waals surface area contributed by atoms with Crippen LogP contribution in [-0.4, -0.2) is 10.9 Å². The molecule has 2 aromatic heterocycles. The van der Waals surface area contributed by atoms with Crippen molar-refractivity contribution in [3.05, 3.63) is 71.3 Å². The number of ether oxygens (including phenoxy) is 1. The first-order valence-electron chi connectivity index (χ1n) is 7.57. The predicted molar refractivity (Wildman–Crippen MR) is 91.6 cm³/mol. The topological polar surface area (TPSA) is 88.1 Å². The number of anilines is 1. The molecule has 3 rings (SSSR count). The number of carbonyl (C=O) groups is 1. The number of aryl methyl sites for hydroxylation is 2. The highest BCUT2D eigenvalue weighted by molar-refractivity contribution is 6.05. The molecule has 3 aromatic rings. The van der Waals surface area contributed by atoms with Crippen molar-refractivity contribution >= 4 is 11.6 Å². The summed E-state index contributed by atoms with van der Waals surface area (Å²) >= 11 is 0. The summed E-state index contributed by atoms with van der Waals surface area (Å²) in [6, 6.07) is 12.2. The third kappa shape index (κ3) is 3.51. The summed E-state index contributed by atoms with van der Waals surface area (Å²) in [6.07, 6.45) is 3.04. The van der Waals surface area contributed by atoms with Crippen LogP contribution in [0.5, 0.6) is 11.6 Å². The smallest absolute Gasteiger partial charge is 0.259 e. The molecule has 0 spiro atoms. The van der Waals surface area contributed by atoms with E-state index in [9.17, 15) is 4.79 Å². The number of hydrogen-bond acceptors (Lipinski definition) is 5. The van der Waals surface area contributed by atoms with Crippen LogP contribution in [-0.2, 0) is 0 Å². The van der Waals surface area contributed by atoms with Crippen LogP contribution < -0.4 is 10.1 Å². The minimum atomic E-state index is -0.237. The summed E-state index contributed by atoms with van der Waals surface area (Å²) in [5, 5.41) is 11.9. The number of furan rings is 1. The molecule has 0 unspecified atom stereocenters. The van der Waals surface area contributed by atoms with Gasteiger partial charge in [0.1, 0.15) is 23.1 Å². The Morgan fingerprint density at radius 3 is 2.80 bits per heavy atom. The normalized spacial score (nSPS) is 10.1. The van der Waals surface area contributed by atoms with Crippen molar-refractivity contribution in [1.29, 1.82) is 5.26 Å². The Morgan fingerprint density at radius 2 is 2.12 bits per heavy atom. The molecule has 2 heterocycles. The number of nitriles is 1. The molecule has 6 heteroatoms. The third-order valence-electron chi connectivity index (χ3n) is 3.66. The molecule has 25 heavy (non-hydrogen) atoms. The zero-order valence-electron chi connectivity index (χ0n) is 13.7. The number of aromatic nitrogens is 1. The number of rotatable bonds is 4. The third-order valence-corrected chi connectivity index (χ3v) is 3.66. The van der Waals surface area contributed by atoms with Gasteiger partial charge in [0.15, 0.2) is 0 Å². The predicted octanol–water partition coefficient (Wildman–Crippen LogP) is 4.21. The lowest BCUT2D eigenvalue weighted by Gasteiger charge is -2.11. The van der Waals surface area contributed by atoms with Gasteiger partial charge in [0, 0.05) is 11.9 Å². The first kappa shape index (κ1) is 16.3. The van der Waals surface area contributed by atoms with Crippen LogP contribution in [0.15, 0.2) is 53.3 Å². The van der Waals surface area contributed by atoms with E-state index >= 15 is 0 Å². The number of benzene rings is 1. The van der Waals surface area contributed by atoms with E-state index < -0.39 is 0 Å². The number of hydrogen-bond donors (Lipinski definition) is 1. The minimum Gasteiger partial charge on any atom is -0.469 e. The maximum atomic E-state index is 12.3. The Hall–Kier alpha value is -3.59. The molecule has 0 aliphatic rings. The summed E-state index contributed by atoms with van der Waals surface area (Å²) in [5.41, 5.74) is 2.33. The lowest BCUT2D eigenvalue weighted by Crippen LogP contribution is -2.13. The first-order valence-corrected chi connectivity index (χ1v) is 7.57. The minimum absolute atomic E-state index is 0.237. The van der Waals surface area contributed by atoms with Gasteiger partial charge in [-0.15, -0.1) is 0 Å². The number of carbonyl (C=O) groups excluding carboxylic acids is 1. The van der Waals surface area contributed by atoms with Gasteiger partial charge in [-0.3, -0.25) is 4.79 Å². The monoisotopic (exact) mass is 333 g/mol. The number of amides is 1. The van der Waals surface area contributed by atoms with E-state index in [1.165, 1.54) is 6.26 Å². The maximum absolute atomic E-state index is 12.3. The van der Waals surface area contributed by atoms with E-state index in [2.05, 4.69) is 10.3 Å². The number of nitrogens with zero attached hydrogens (tertiary/aromatic N) is 2. The second-order valence-corrected chi connectivity index (χ2v) is 5.39. The number of nitrogens with one attached hydrogen (secondary N) is 1. The molecular formula is C19H15N3O3. The standard InChI is InChI=1S/C19H15N3O3/c1-12-10-15(25-19-14(11-20)4-3-8-21-19)5-6-17(12)22-18(23)16-7-9-24-13(16)2/h3-10H,1-2H3,(H,22,23). The Morgan fingerprint density at radius 1 is 1.28 bits per heavy atom. The second kappa shape index (κ2) is 6.89. The Bertz CT molecular complexity index is 970. The Kier molecular flexibility index (Phi) is 4.48. The molecular weight excluding hydrogens is 318 g/mol. The average molecular weight is 333 g/mol. The Balaban J connectivity index is 1.78. The molecule has 0 aliphatic heterocycles. The molecule has 1 aromatic carbocycles. The molecule has 0 radical (unpaired) electrons. The average Bonchev–Trinajstić information content (AvgIpc) is 3.04. The fourth-order valence-electron chi connectivity index (χ4n) is 2.32. The van der Waals surface area contributed by atoms with Crippen LogP contribution in [0.2, 0.25) is 0 Å². The Labute approximate surface area is 144 Å². The molecule has 0 atom stereocenters. The van der Waals surface area contributed by atoms with Gasteiger partial charge < -0.3 is 14.5 Å². The fraction of sp³-hybridized carbons (Fsp3) is 0.105. The van der Waals surface area contributed by atoms with Crippen molar-refractivity contribution in [2.75, 3.05) is 5.32 Å². The van der Waals surface area contributed by atoms with E-state index in [1.54, 1.807) is 49.5 Å². The highest BCUT2D eigenvalue weighted by Crippen LogP contribution is 2.27. The maximum Gasteiger partial charge on any atom is 0.259 e. The second-order valence-electron chi connectivity index (χ2n) is 5.39. The largest absolute Gasteiger partial charge is 0.469 e. The zero-order chi connectivity index (χ0) is 17.8. The molecule has 0 aliphatic carbocycles. The van der Waals surface area contributed by atoms with Gasteiger partial charge in [-0.2, -0.15) is 5.26 Å². The quantitative estimate of drug-likeness (QED) is 0.772. The highest BCUT2D eigenvalue weighted by Gasteiger charge is 2.13. The van der Waals surface area contributed by atoms with Crippen LogP contribution in [0.25, 0.3) is 0 Å². The van der Waals surface area contributed by atoms with Gasteiger partial charge >= 0.3 is 0 Å². The molecule has 0 fully saturated rings. The van der Waals surface area contributed by atoms with E-state index in [4.69, 9.17) is 14.4 Å². The van der Waals surface area contributed by atoms with Crippen molar-refractivity contribution in [3.63, 3.8) is 0 Å². The summed E-state index contributed by atoms with van der Waals surface area (Å²) in [4.78, 5) is 16.3. The zero-order valence-corrected chi connectivity index (χ0v) is 13.7. The van der Waals surface area contributed by atoms with Crippen molar-refractivity contribution in [2.45, 2.75) is 13.8 Å². The van der Waals surface area contributed by atoms with Gasteiger partial charge in [-0.1, -0.05) is 0 Å². The van der Waals surface area contributed by atoms with Crippen LogP contribution in [0.4, 0.5) is 5.69 Å². The molecule has 6 nitrogen and oxygen atoms in total. The summed E-state index contributed by atoms with van der Waals surface area (Å²) in [6.45, 7) is 3.59. The molecule has 124 valence electrons. The van der Waals surface area contributed by atoms with Gasteiger partial charge in [-0.25, -0.2) is 4.98 Å². The molecule has 1 amide bonds. The van der Waals surface area contributed by atoms with Gasteiger partial charge in [0.2, 0.25) is 5.88 Å². The van der Waals surface area contributed by atoms with Crippen LogP contribution in [0, 0.1) is 25.2 Å². The van der Waals surface area contributed by atoms with E-state index in [0.717, 1.165) is 5.56 Å². The molecule has 0 saturated heterocycles. The van der Waals surface area contributed by atoms with E-state index in [0.29, 0.717) is 28.3 Å². The fourth-order valence-corrected chi connectivity index (χ4v) is 2.32. The summed E-state index contributed by atoms with van der Waals surface area (Å²) in [7, 11) is 0. The van der Waals surface area contributed by atoms with Crippen molar-refractivity contribution in [3.8, 4) is 17.7 Å². The lowest BCUT2D eigenvalue weighted by atomic mass is 10.1. The highest BCUT2D eigenvalue weighted by atomic mass is 16.5. The van der Waals surface area contributed by atoms with Crippen molar-refractivity contribution in [1.82, 2.24) is 4.98 Å². The van der Waals surface area contributed by atoms with E-state index in [-0.39, 0.29) is 11.8 Å². The van der Waals surface area contributed by atoms with Crippen molar-refractivity contribution < 1.29 is 13.9 Å². The van der Waals surface area contributed by atoms with Crippen molar-refractivity contribution in [2.24, 2.45) is 0 Å². The lowest BCUT2D eigenvalue weighted by molar-refractivity contribution is 0.102.